The number of carboxylic acid groups (broad SMARTS) is 1. The van der Waals surface area contributed by atoms with Crippen molar-refractivity contribution in [1.29, 1.82) is 0 Å². The first-order valence-corrected chi connectivity index (χ1v) is 6.94. The Hall–Kier alpha value is -2.07. The van der Waals surface area contributed by atoms with Crippen LogP contribution in [0.3, 0.4) is 0 Å². The average molecular weight is 270 g/mol. The highest BCUT2D eigenvalue weighted by Crippen LogP contribution is 2.19. The molecule has 2 heterocycles. The van der Waals surface area contributed by atoms with Crippen LogP contribution >= 0.6 is 0 Å². The van der Waals surface area contributed by atoms with Gasteiger partial charge in [0.25, 0.3) is 0 Å². The van der Waals surface area contributed by atoms with Crippen molar-refractivity contribution in [3.05, 3.63) is 47.7 Å². The lowest BCUT2D eigenvalue weighted by Gasteiger charge is -2.25. The summed E-state index contributed by atoms with van der Waals surface area (Å²) in [6.07, 6.45) is 5.67. The molecule has 0 radical (unpaired) electrons. The highest BCUT2D eigenvalue weighted by Gasteiger charge is 2.17. The number of hydrogen-bond donors (Lipinski definition) is 2. The van der Waals surface area contributed by atoms with Crippen LogP contribution in [-0.2, 0) is 11.2 Å². The van der Waals surface area contributed by atoms with E-state index in [1.807, 2.05) is 18.2 Å². The lowest BCUT2D eigenvalue weighted by Crippen LogP contribution is -2.33. The zero-order valence-corrected chi connectivity index (χ0v) is 11.3. The number of H-pyrrole nitrogens is 1. The fraction of sp³-hybridized carbons (Fsp3) is 0.312. The van der Waals surface area contributed by atoms with E-state index in [1.165, 1.54) is 10.9 Å². The first-order chi connectivity index (χ1) is 9.74. The molecule has 1 aliphatic heterocycles. The van der Waals surface area contributed by atoms with E-state index in [1.54, 1.807) is 0 Å². The second kappa shape index (κ2) is 5.51. The van der Waals surface area contributed by atoms with E-state index < -0.39 is 5.97 Å². The van der Waals surface area contributed by atoms with Gasteiger partial charge in [-0.15, -0.1) is 0 Å². The summed E-state index contributed by atoms with van der Waals surface area (Å²) in [5.41, 5.74) is 2.98. The van der Waals surface area contributed by atoms with Crippen molar-refractivity contribution in [1.82, 2.24) is 9.88 Å². The molecule has 3 rings (SSSR count). The summed E-state index contributed by atoms with van der Waals surface area (Å²) in [5, 5.41) is 10.3. The minimum atomic E-state index is -0.790. The minimum Gasteiger partial charge on any atom is -0.478 e. The standard InChI is InChI=1S/C16H18N2O2/c19-16(20)13-4-3-8-18(11-13)9-7-12-10-17-15-6-2-1-5-14(12)15/h1-2,4-6,10,17H,3,7-9,11H2,(H,19,20). The Bertz CT molecular complexity index is 657. The van der Waals surface area contributed by atoms with Crippen LogP contribution in [0, 0.1) is 0 Å². The first kappa shape index (κ1) is 12.9. The van der Waals surface area contributed by atoms with E-state index >= 15 is 0 Å². The molecule has 4 nitrogen and oxygen atoms in total. The summed E-state index contributed by atoms with van der Waals surface area (Å²) in [4.78, 5) is 16.5. The quantitative estimate of drug-likeness (QED) is 0.897. The fourth-order valence-corrected chi connectivity index (χ4v) is 2.77. The molecule has 0 amide bonds. The topological polar surface area (TPSA) is 56.3 Å². The molecule has 0 unspecified atom stereocenters. The van der Waals surface area contributed by atoms with Gasteiger partial charge in [-0.3, -0.25) is 4.90 Å². The monoisotopic (exact) mass is 270 g/mol. The van der Waals surface area contributed by atoms with Gasteiger partial charge in [-0.05, 0) is 24.5 Å². The van der Waals surface area contributed by atoms with Gasteiger partial charge >= 0.3 is 5.97 Å². The summed E-state index contributed by atoms with van der Waals surface area (Å²) in [6, 6.07) is 8.27. The van der Waals surface area contributed by atoms with Gasteiger partial charge in [-0.2, -0.15) is 0 Å². The number of aromatic nitrogens is 1. The minimum absolute atomic E-state index is 0.523. The highest BCUT2D eigenvalue weighted by atomic mass is 16.4. The number of aromatic amines is 1. The SMILES string of the molecule is O=C(O)C1=CCCN(CCc2c[nH]c3ccccc23)C1. The van der Waals surface area contributed by atoms with E-state index in [0.29, 0.717) is 12.1 Å². The lowest BCUT2D eigenvalue weighted by atomic mass is 10.1. The van der Waals surface area contributed by atoms with Gasteiger partial charge in [-0.25, -0.2) is 4.79 Å². The average Bonchev–Trinajstić information content (AvgIpc) is 2.89. The number of benzene rings is 1. The molecule has 4 heteroatoms. The molecule has 2 N–H and O–H groups in total. The van der Waals surface area contributed by atoms with E-state index in [2.05, 4.69) is 28.2 Å². The molecule has 0 fully saturated rings. The van der Waals surface area contributed by atoms with Crippen LogP contribution in [0.5, 0.6) is 0 Å². The van der Waals surface area contributed by atoms with E-state index in [9.17, 15) is 4.79 Å². The molecular weight excluding hydrogens is 252 g/mol. The van der Waals surface area contributed by atoms with Gasteiger partial charge in [0.2, 0.25) is 0 Å². The van der Waals surface area contributed by atoms with Crippen molar-refractivity contribution in [3.8, 4) is 0 Å². The third-order valence-electron chi connectivity index (χ3n) is 3.88. The van der Waals surface area contributed by atoms with Gasteiger partial charge in [-0.1, -0.05) is 24.3 Å². The highest BCUT2D eigenvalue weighted by molar-refractivity contribution is 5.87. The Balaban J connectivity index is 1.65. The number of para-hydroxylation sites is 1. The number of hydrogen-bond acceptors (Lipinski definition) is 2. The predicted octanol–water partition coefficient (Wildman–Crippen LogP) is 2.43. The summed E-state index contributed by atoms with van der Waals surface area (Å²) < 4.78 is 0. The maximum absolute atomic E-state index is 11.0. The largest absolute Gasteiger partial charge is 0.478 e. The van der Waals surface area contributed by atoms with Crippen molar-refractivity contribution >= 4 is 16.9 Å². The molecule has 104 valence electrons. The number of carbonyl (C=O) groups is 1. The van der Waals surface area contributed by atoms with Crippen LogP contribution in [0.1, 0.15) is 12.0 Å². The fourth-order valence-electron chi connectivity index (χ4n) is 2.77. The molecule has 0 spiro atoms. The molecule has 0 atom stereocenters. The molecule has 0 bridgehead atoms. The first-order valence-electron chi connectivity index (χ1n) is 6.94. The second-order valence-corrected chi connectivity index (χ2v) is 5.21. The number of fused-ring (bicyclic) bond motifs is 1. The van der Waals surface area contributed by atoms with Crippen molar-refractivity contribution < 1.29 is 9.90 Å². The molecular formula is C16H18N2O2. The van der Waals surface area contributed by atoms with Crippen LogP contribution in [0.2, 0.25) is 0 Å². The molecule has 20 heavy (non-hydrogen) atoms. The number of rotatable bonds is 4. The molecule has 1 aromatic heterocycles. The Morgan fingerprint density at radius 1 is 1.35 bits per heavy atom. The summed E-state index contributed by atoms with van der Waals surface area (Å²) in [5.74, 6) is -0.790. The predicted molar refractivity (Wildman–Crippen MR) is 78.8 cm³/mol. The summed E-state index contributed by atoms with van der Waals surface area (Å²) >= 11 is 0. The third kappa shape index (κ3) is 2.60. The van der Waals surface area contributed by atoms with Crippen LogP contribution in [0.25, 0.3) is 10.9 Å². The van der Waals surface area contributed by atoms with E-state index in [4.69, 9.17) is 5.11 Å². The maximum Gasteiger partial charge on any atom is 0.332 e. The van der Waals surface area contributed by atoms with Gasteiger partial charge in [0, 0.05) is 42.3 Å². The van der Waals surface area contributed by atoms with Crippen molar-refractivity contribution in [2.24, 2.45) is 0 Å². The smallest absolute Gasteiger partial charge is 0.332 e. The van der Waals surface area contributed by atoms with Gasteiger partial charge < -0.3 is 10.1 Å². The molecule has 2 aromatic rings. The van der Waals surface area contributed by atoms with Crippen molar-refractivity contribution in [2.45, 2.75) is 12.8 Å². The zero-order chi connectivity index (χ0) is 13.9. The Morgan fingerprint density at radius 3 is 3.05 bits per heavy atom. The van der Waals surface area contributed by atoms with Gasteiger partial charge in [0.1, 0.15) is 0 Å². The Labute approximate surface area is 117 Å². The second-order valence-electron chi connectivity index (χ2n) is 5.21. The zero-order valence-electron chi connectivity index (χ0n) is 11.3. The van der Waals surface area contributed by atoms with Crippen molar-refractivity contribution in [3.63, 3.8) is 0 Å². The molecule has 0 aliphatic carbocycles. The van der Waals surface area contributed by atoms with Crippen LogP contribution in [-0.4, -0.2) is 40.6 Å². The van der Waals surface area contributed by atoms with Crippen molar-refractivity contribution in [2.75, 3.05) is 19.6 Å². The number of aliphatic carboxylic acids is 1. The maximum atomic E-state index is 11.0. The van der Waals surface area contributed by atoms with Gasteiger partial charge in [0.15, 0.2) is 0 Å². The Kier molecular flexibility index (Phi) is 3.56. The van der Waals surface area contributed by atoms with Crippen LogP contribution in [0.4, 0.5) is 0 Å². The number of nitrogens with zero attached hydrogens (tertiary/aromatic N) is 1. The van der Waals surface area contributed by atoms with Crippen LogP contribution < -0.4 is 0 Å². The van der Waals surface area contributed by atoms with E-state index in [0.717, 1.165) is 31.4 Å². The molecule has 0 saturated carbocycles. The Morgan fingerprint density at radius 2 is 2.20 bits per heavy atom. The lowest BCUT2D eigenvalue weighted by molar-refractivity contribution is -0.133. The molecule has 1 aromatic carbocycles. The van der Waals surface area contributed by atoms with E-state index in [-0.39, 0.29) is 0 Å². The number of carboxylic acids is 1. The normalized spacial score (nSPS) is 16.3. The summed E-state index contributed by atoms with van der Waals surface area (Å²) in [6.45, 7) is 2.39. The summed E-state index contributed by atoms with van der Waals surface area (Å²) in [7, 11) is 0. The molecule has 1 aliphatic rings. The van der Waals surface area contributed by atoms with Gasteiger partial charge in [0.05, 0.1) is 0 Å². The third-order valence-corrected chi connectivity index (χ3v) is 3.88. The molecule has 0 saturated heterocycles. The van der Waals surface area contributed by atoms with Crippen LogP contribution in [0.15, 0.2) is 42.1 Å². The number of nitrogens with one attached hydrogen (secondary N) is 1.